The number of aromatic nitrogens is 2. The van der Waals surface area contributed by atoms with E-state index in [-0.39, 0.29) is 10.7 Å². The number of nitrogens with zero attached hydrogens (tertiary/aromatic N) is 2. The van der Waals surface area contributed by atoms with Gasteiger partial charge in [0.25, 0.3) is 11.8 Å². The summed E-state index contributed by atoms with van der Waals surface area (Å²) in [6, 6.07) is 7.44. The monoisotopic (exact) mass is 371 g/mol. The zero-order valence-corrected chi connectivity index (χ0v) is 14.4. The Balaban J connectivity index is 1.84. The number of rotatable bonds is 4. The van der Waals surface area contributed by atoms with E-state index < -0.39 is 17.6 Å². The highest BCUT2D eigenvalue weighted by Gasteiger charge is 2.17. The van der Waals surface area contributed by atoms with Crippen LogP contribution < -0.4 is 16.4 Å². The molecule has 1 aromatic carbocycles. The smallest absolute Gasteiger partial charge is 0.267 e. The fourth-order valence-corrected chi connectivity index (χ4v) is 2.76. The van der Waals surface area contributed by atoms with E-state index in [4.69, 9.17) is 5.73 Å². The fourth-order valence-electron chi connectivity index (χ4n) is 2.18. The molecule has 0 aliphatic rings. The lowest BCUT2D eigenvalue weighted by Crippen LogP contribution is -2.17. The van der Waals surface area contributed by atoms with Crippen molar-refractivity contribution in [3.8, 4) is 0 Å². The van der Waals surface area contributed by atoms with Crippen molar-refractivity contribution < 1.29 is 14.0 Å². The lowest BCUT2D eigenvalue weighted by Gasteiger charge is -2.11. The first-order chi connectivity index (χ1) is 12.4. The van der Waals surface area contributed by atoms with Crippen LogP contribution in [0.1, 0.15) is 25.6 Å². The third kappa shape index (κ3) is 3.83. The van der Waals surface area contributed by atoms with E-state index in [2.05, 4.69) is 20.6 Å². The van der Waals surface area contributed by atoms with Gasteiger partial charge in [0.1, 0.15) is 16.5 Å². The molecule has 0 saturated heterocycles. The molecule has 2 amide bonds. The number of hydrogen-bond acceptors (Lipinski definition) is 6. The molecule has 9 heteroatoms. The van der Waals surface area contributed by atoms with Gasteiger partial charge in [-0.2, -0.15) is 0 Å². The van der Waals surface area contributed by atoms with Crippen LogP contribution >= 0.6 is 11.3 Å². The average Bonchev–Trinajstić information content (AvgIpc) is 3.04. The molecule has 0 unspecified atom stereocenters. The van der Waals surface area contributed by atoms with Gasteiger partial charge in [0.2, 0.25) is 0 Å². The molecule has 0 atom stereocenters. The molecule has 2 aromatic heterocycles. The topological polar surface area (TPSA) is 110 Å². The third-order valence-corrected chi connectivity index (χ3v) is 4.29. The number of pyridine rings is 1. The van der Waals surface area contributed by atoms with Crippen LogP contribution in [0.25, 0.3) is 0 Å². The molecule has 0 bridgehead atoms. The lowest BCUT2D eigenvalue weighted by atomic mass is 10.1. The Bertz CT molecular complexity index is 975. The number of hydrogen-bond donors (Lipinski definition) is 3. The third-order valence-electron chi connectivity index (χ3n) is 3.46. The quantitative estimate of drug-likeness (QED) is 0.653. The molecular weight excluding hydrogens is 357 g/mol. The molecule has 0 aliphatic carbocycles. The molecule has 0 spiro atoms. The molecule has 4 N–H and O–H groups in total. The van der Waals surface area contributed by atoms with Crippen LogP contribution in [0.5, 0.6) is 0 Å². The molecule has 3 rings (SSSR count). The number of carbonyl (C=O) groups is 2. The van der Waals surface area contributed by atoms with Gasteiger partial charge in [-0.05, 0) is 36.8 Å². The highest BCUT2D eigenvalue weighted by Crippen LogP contribution is 2.23. The lowest BCUT2D eigenvalue weighted by molar-refractivity contribution is 0.101. The van der Waals surface area contributed by atoms with E-state index in [0.717, 1.165) is 11.3 Å². The van der Waals surface area contributed by atoms with E-state index in [1.807, 2.05) is 0 Å². The Kier molecular flexibility index (Phi) is 4.90. The van der Waals surface area contributed by atoms with Crippen molar-refractivity contribution >= 4 is 39.8 Å². The molecule has 0 saturated carbocycles. The van der Waals surface area contributed by atoms with Gasteiger partial charge in [-0.3, -0.25) is 9.59 Å². The first-order valence-electron chi connectivity index (χ1n) is 7.49. The molecule has 26 heavy (non-hydrogen) atoms. The highest BCUT2D eigenvalue weighted by atomic mass is 32.1. The Labute approximate surface area is 152 Å². The summed E-state index contributed by atoms with van der Waals surface area (Å²) in [5.41, 5.74) is 6.10. The van der Waals surface area contributed by atoms with Crippen LogP contribution in [0.15, 0.2) is 42.7 Å². The second kappa shape index (κ2) is 7.28. The SMILES string of the molecule is Cc1cc(F)c(C(=O)Nc2ccccn2)cc1NC(=O)c1cnc(N)s1. The number of anilines is 3. The van der Waals surface area contributed by atoms with E-state index >= 15 is 0 Å². The van der Waals surface area contributed by atoms with Gasteiger partial charge in [-0.25, -0.2) is 14.4 Å². The van der Waals surface area contributed by atoms with E-state index in [0.29, 0.717) is 21.9 Å². The van der Waals surface area contributed by atoms with E-state index in [9.17, 15) is 14.0 Å². The summed E-state index contributed by atoms with van der Waals surface area (Å²) in [7, 11) is 0. The van der Waals surface area contributed by atoms with Crippen molar-refractivity contribution in [1.82, 2.24) is 9.97 Å². The van der Waals surface area contributed by atoms with Crippen molar-refractivity contribution in [2.24, 2.45) is 0 Å². The van der Waals surface area contributed by atoms with Crippen molar-refractivity contribution in [3.63, 3.8) is 0 Å². The minimum absolute atomic E-state index is 0.208. The summed E-state index contributed by atoms with van der Waals surface area (Å²) in [5, 5.41) is 5.41. The molecule has 132 valence electrons. The number of nitrogen functional groups attached to an aromatic ring is 1. The number of thiazole rings is 1. The summed E-state index contributed by atoms with van der Waals surface area (Å²) < 4.78 is 14.2. The summed E-state index contributed by atoms with van der Waals surface area (Å²) in [6.07, 6.45) is 2.86. The zero-order valence-electron chi connectivity index (χ0n) is 13.6. The number of aryl methyl sites for hydroxylation is 1. The van der Waals surface area contributed by atoms with Crippen molar-refractivity contribution in [1.29, 1.82) is 0 Å². The number of nitrogens with two attached hydrogens (primary N) is 1. The summed E-state index contributed by atoms with van der Waals surface area (Å²) in [6.45, 7) is 1.63. The largest absolute Gasteiger partial charge is 0.375 e. The average molecular weight is 371 g/mol. The van der Waals surface area contributed by atoms with Gasteiger partial charge < -0.3 is 16.4 Å². The molecular formula is C17H14FN5O2S. The predicted octanol–water partition coefficient (Wildman–Crippen LogP) is 3.07. The van der Waals surface area contributed by atoms with Crippen LogP contribution in [0.2, 0.25) is 0 Å². The van der Waals surface area contributed by atoms with Crippen molar-refractivity contribution in [2.75, 3.05) is 16.4 Å². The first-order valence-corrected chi connectivity index (χ1v) is 8.31. The maximum atomic E-state index is 14.2. The van der Waals surface area contributed by atoms with Crippen molar-refractivity contribution in [2.45, 2.75) is 6.92 Å². The van der Waals surface area contributed by atoms with Gasteiger partial charge in [0.05, 0.1) is 11.8 Å². The van der Waals surface area contributed by atoms with Crippen LogP contribution in [-0.4, -0.2) is 21.8 Å². The standard InChI is InChI=1S/C17H14FN5O2S/c1-9-6-11(18)10(15(24)23-14-4-2-3-5-20-14)7-12(9)22-16(25)13-8-21-17(19)26-13/h2-8H,1H3,(H2,19,21)(H,22,25)(H,20,23,24). The highest BCUT2D eigenvalue weighted by molar-refractivity contribution is 7.17. The second-order valence-electron chi connectivity index (χ2n) is 5.33. The van der Waals surface area contributed by atoms with Gasteiger partial charge in [0, 0.05) is 11.9 Å². The summed E-state index contributed by atoms with van der Waals surface area (Å²) in [4.78, 5) is 32.7. The minimum atomic E-state index is -0.698. The molecule has 0 aliphatic heterocycles. The molecule has 0 radical (unpaired) electrons. The summed E-state index contributed by atoms with van der Waals surface area (Å²) >= 11 is 1.03. The number of nitrogens with one attached hydrogen (secondary N) is 2. The van der Waals surface area contributed by atoms with E-state index in [1.165, 1.54) is 24.5 Å². The van der Waals surface area contributed by atoms with Crippen LogP contribution in [0.4, 0.5) is 21.0 Å². The number of carbonyl (C=O) groups excluding carboxylic acids is 2. The maximum Gasteiger partial charge on any atom is 0.267 e. The van der Waals surface area contributed by atoms with Crippen LogP contribution in [-0.2, 0) is 0 Å². The van der Waals surface area contributed by atoms with Gasteiger partial charge in [0.15, 0.2) is 5.13 Å². The Morgan fingerprint density at radius 3 is 2.62 bits per heavy atom. The maximum absolute atomic E-state index is 14.2. The second-order valence-corrected chi connectivity index (χ2v) is 6.40. The first kappa shape index (κ1) is 17.5. The van der Waals surface area contributed by atoms with Gasteiger partial charge >= 0.3 is 0 Å². The van der Waals surface area contributed by atoms with E-state index in [1.54, 1.807) is 25.1 Å². The van der Waals surface area contributed by atoms with Gasteiger partial charge in [-0.1, -0.05) is 17.4 Å². The fraction of sp³-hybridized carbons (Fsp3) is 0.0588. The van der Waals surface area contributed by atoms with Crippen LogP contribution in [0.3, 0.4) is 0 Å². The molecule has 7 nitrogen and oxygen atoms in total. The number of halogens is 1. The summed E-state index contributed by atoms with van der Waals surface area (Å²) in [5.74, 6) is -1.51. The predicted molar refractivity (Wildman–Crippen MR) is 97.8 cm³/mol. The Hall–Kier alpha value is -3.33. The molecule has 2 heterocycles. The number of amides is 2. The Morgan fingerprint density at radius 2 is 1.96 bits per heavy atom. The molecule has 3 aromatic rings. The van der Waals surface area contributed by atoms with Crippen molar-refractivity contribution in [3.05, 3.63) is 64.5 Å². The minimum Gasteiger partial charge on any atom is -0.375 e. The normalized spacial score (nSPS) is 10.4. The number of benzene rings is 1. The zero-order chi connectivity index (χ0) is 18.7. The van der Waals surface area contributed by atoms with Crippen LogP contribution in [0, 0.1) is 12.7 Å². The Morgan fingerprint density at radius 1 is 1.15 bits per heavy atom. The molecule has 0 fully saturated rings. The van der Waals surface area contributed by atoms with Gasteiger partial charge in [-0.15, -0.1) is 0 Å².